The van der Waals surface area contributed by atoms with E-state index in [2.05, 4.69) is 0 Å². The molecular formula is C7H14F3N. The molecule has 11 heavy (non-hydrogen) atoms. The van der Waals surface area contributed by atoms with E-state index >= 15 is 0 Å². The first-order valence-electron chi connectivity index (χ1n) is 3.78. The summed E-state index contributed by atoms with van der Waals surface area (Å²) >= 11 is 0. The molecule has 1 atom stereocenters. The van der Waals surface area contributed by atoms with Crippen LogP contribution in [0.5, 0.6) is 0 Å². The molecule has 0 fully saturated rings. The molecule has 0 aliphatic carbocycles. The molecule has 0 aromatic heterocycles. The van der Waals surface area contributed by atoms with Crippen LogP contribution in [0.15, 0.2) is 0 Å². The predicted octanol–water partition coefficient (Wildman–Crippen LogP) is 2.46. The Labute approximate surface area is 64.8 Å². The molecule has 0 amide bonds. The van der Waals surface area contributed by atoms with Gasteiger partial charge < -0.3 is 5.73 Å². The SMILES string of the molecule is CCC[C@@H](N)CCC(F)(F)F. The summed E-state index contributed by atoms with van der Waals surface area (Å²) in [5.74, 6) is 0. The normalized spacial score (nSPS) is 15.0. The van der Waals surface area contributed by atoms with Gasteiger partial charge in [-0.2, -0.15) is 13.2 Å². The van der Waals surface area contributed by atoms with Crippen molar-refractivity contribution in [2.75, 3.05) is 0 Å². The number of rotatable bonds is 4. The maximum atomic E-state index is 11.6. The van der Waals surface area contributed by atoms with Gasteiger partial charge in [-0.05, 0) is 12.8 Å². The first kappa shape index (κ1) is 10.8. The Kier molecular flexibility index (Phi) is 4.49. The van der Waals surface area contributed by atoms with Crippen molar-refractivity contribution < 1.29 is 13.2 Å². The minimum atomic E-state index is -4.05. The quantitative estimate of drug-likeness (QED) is 0.687. The summed E-state index contributed by atoms with van der Waals surface area (Å²) in [5.41, 5.74) is 5.39. The van der Waals surface area contributed by atoms with Crippen LogP contribution in [0, 0.1) is 0 Å². The molecule has 0 aromatic carbocycles. The highest BCUT2D eigenvalue weighted by atomic mass is 19.4. The second-order valence-electron chi connectivity index (χ2n) is 2.70. The first-order valence-corrected chi connectivity index (χ1v) is 3.78. The monoisotopic (exact) mass is 169 g/mol. The maximum absolute atomic E-state index is 11.6. The lowest BCUT2D eigenvalue weighted by atomic mass is 10.1. The van der Waals surface area contributed by atoms with Gasteiger partial charge in [-0.1, -0.05) is 13.3 Å². The molecule has 0 radical (unpaired) electrons. The molecule has 1 nitrogen and oxygen atoms in total. The van der Waals surface area contributed by atoms with Crippen molar-refractivity contribution in [2.45, 2.75) is 44.8 Å². The lowest BCUT2D eigenvalue weighted by Gasteiger charge is -2.11. The lowest BCUT2D eigenvalue weighted by molar-refractivity contribution is -0.136. The van der Waals surface area contributed by atoms with Gasteiger partial charge in [-0.25, -0.2) is 0 Å². The van der Waals surface area contributed by atoms with Crippen LogP contribution in [0.25, 0.3) is 0 Å². The zero-order valence-electron chi connectivity index (χ0n) is 6.62. The van der Waals surface area contributed by atoms with Crippen molar-refractivity contribution in [2.24, 2.45) is 5.73 Å². The fraction of sp³-hybridized carbons (Fsp3) is 1.00. The molecule has 2 N–H and O–H groups in total. The van der Waals surface area contributed by atoms with Crippen LogP contribution >= 0.6 is 0 Å². The average Bonchev–Trinajstić information content (AvgIpc) is 1.83. The summed E-state index contributed by atoms with van der Waals surface area (Å²) in [4.78, 5) is 0. The van der Waals surface area contributed by atoms with Gasteiger partial charge in [0.15, 0.2) is 0 Å². The third kappa shape index (κ3) is 7.65. The number of nitrogens with two attached hydrogens (primary N) is 1. The molecule has 0 spiro atoms. The third-order valence-corrected chi connectivity index (χ3v) is 1.46. The summed E-state index contributed by atoms with van der Waals surface area (Å²) in [6.07, 6.45) is -3.23. The number of halogens is 3. The summed E-state index contributed by atoms with van der Waals surface area (Å²) in [7, 11) is 0. The van der Waals surface area contributed by atoms with E-state index in [0.717, 1.165) is 6.42 Å². The summed E-state index contributed by atoms with van der Waals surface area (Å²) in [5, 5.41) is 0. The molecule has 0 unspecified atom stereocenters. The largest absolute Gasteiger partial charge is 0.389 e. The Morgan fingerprint density at radius 3 is 2.18 bits per heavy atom. The van der Waals surface area contributed by atoms with Crippen molar-refractivity contribution in [3.8, 4) is 0 Å². The Hall–Kier alpha value is -0.250. The second kappa shape index (κ2) is 4.59. The Morgan fingerprint density at radius 1 is 1.27 bits per heavy atom. The van der Waals surface area contributed by atoms with Gasteiger partial charge in [-0.15, -0.1) is 0 Å². The first-order chi connectivity index (χ1) is 4.95. The van der Waals surface area contributed by atoms with Crippen molar-refractivity contribution in [3.05, 3.63) is 0 Å². The fourth-order valence-corrected chi connectivity index (χ4v) is 0.864. The van der Waals surface area contributed by atoms with Crippen LogP contribution in [-0.4, -0.2) is 12.2 Å². The van der Waals surface area contributed by atoms with E-state index in [9.17, 15) is 13.2 Å². The molecule has 0 rings (SSSR count). The van der Waals surface area contributed by atoms with Gasteiger partial charge >= 0.3 is 6.18 Å². The molecule has 0 heterocycles. The average molecular weight is 169 g/mol. The van der Waals surface area contributed by atoms with Crippen molar-refractivity contribution >= 4 is 0 Å². The second-order valence-corrected chi connectivity index (χ2v) is 2.70. The molecule has 0 aliphatic rings. The summed E-state index contributed by atoms with van der Waals surface area (Å²) in [6, 6.07) is -0.290. The van der Waals surface area contributed by atoms with Crippen LogP contribution in [0.3, 0.4) is 0 Å². The zero-order valence-corrected chi connectivity index (χ0v) is 6.62. The standard InChI is InChI=1S/C7H14F3N/c1-2-3-6(11)4-5-7(8,9)10/h6H,2-5,11H2,1H3/t6-/m1/s1. The fourth-order valence-electron chi connectivity index (χ4n) is 0.864. The molecule has 0 aliphatic heterocycles. The van der Waals surface area contributed by atoms with E-state index in [-0.39, 0.29) is 12.5 Å². The minimum Gasteiger partial charge on any atom is -0.328 e. The molecule has 0 saturated heterocycles. The topological polar surface area (TPSA) is 26.0 Å². The zero-order chi connectivity index (χ0) is 8.91. The van der Waals surface area contributed by atoms with Crippen LogP contribution in [0.4, 0.5) is 13.2 Å². The molecule has 0 bridgehead atoms. The van der Waals surface area contributed by atoms with Crippen LogP contribution in [0.2, 0.25) is 0 Å². The smallest absolute Gasteiger partial charge is 0.328 e. The van der Waals surface area contributed by atoms with Crippen LogP contribution in [0.1, 0.15) is 32.6 Å². The molecule has 4 heteroatoms. The van der Waals surface area contributed by atoms with E-state index < -0.39 is 12.6 Å². The number of hydrogen-bond acceptors (Lipinski definition) is 1. The Bertz CT molecular complexity index is 100. The highest BCUT2D eigenvalue weighted by Crippen LogP contribution is 2.22. The van der Waals surface area contributed by atoms with E-state index in [1.54, 1.807) is 0 Å². The van der Waals surface area contributed by atoms with Gasteiger partial charge in [0.05, 0.1) is 0 Å². The highest BCUT2D eigenvalue weighted by molar-refractivity contribution is 4.63. The molecular weight excluding hydrogens is 155 g/mol. The number of alkyl halides is 3. The van der Waals surface area contributed by atoms with Crippen molar-refractivity contribution in [1.29, 1.82) is 0 Å². The summed E-state index contributed by atoms with van der Waals surface area (Å²) < 4.78 is 34.8. The van der Waals surface area contributed by atoms with Crippen LogP contribution < -0.4 is 5.73 Å². The summed E-state index contributed by atoms with van der Waals surface area (Å²) in [6.45, 7) is 1.91. The van der Waals surface area contributed by atoms with E-state index in [4.69, 9.17) is 5.73 Å². The van der Waals surface area contributed by atoms with Crippen LogP contribution in [-0.2, 0) is 0 Å². The van der Waals surface area contributed by atoms with E-state index in [1.165, 1.54) is 0 Å². The Morgan fingerprint density at radius 2 is 1.82 bits per heavy atom. The van der Waals surface area contributed by atoms with Gasteiger partial charge in [-0.3, -0.25) is 0 Å². The van der Waals surface area contributed by atoms with Gasteiger partial charge in [0.25, 0.3) is 0 Å². The number of hydrogen-bond donors (Lipinski definition) is 1. The predicted molar refractivity (Wildman–Crippen MR) is 38.2 cm³/mol. The maximum Gasteiger partial charge on any atom is 0.389 e. The van der Waals surface area contributed by atoms with E-state index in [1.807, 2.05) is 6.92 Å². The highest BCUT2D eigenvalue weighted by Gasteiger charge is 2.27. The van der Waals surface area contributed by atoms with Crippen molar-refractivity contribution in [3.63, 3.8) is 0 Å². The van der Waals surface area contributed by atoms with Gasteiger partial charge in [0.1, 0.15) is 0 Å². The third-order valence-electron chi connectivity index (χ3n) is 1.46. The van der Waals surface area contributed by atoms with Gasteiger partial charge in [0.2, 0.25) is 0 Å². The van der Waals surface area contributed by atoms with E-state index in [0.29, 0.717) is 6.42 Å². The molecule has 68 valence electrons. The Balaban J connectivity index is 3.38. The minimum absolute atomic E-state index is 0.0529. The van der Waals surface area contributed by atoms with Gasteiger partial charge in [0, 0.05) is 12.5 Å². The molecule has 0 saturated carbocycles. The lowest BCUT2D eigenvalue weighted by Crippen LogP contribution is -2.22. The molecule has 0 aromatic rings. The van der Waals surface area contributed by atoms with Crippen molar-refractivity contribution in [1.82, 2.24) is 0 Å².